The summed E-state index contributed by atoms with van der Waals surface area (Å²) in [4.78, 5) is 101. The number of H-pyrrole nitrogens is 1. The Balaban J connectivity index is 1.54. The van der Waals surface area contributed by atoms with Crippen LogP contribution in [0.4, 0.5) is 0 Å². The molecule has 1 saturated heterocycles. The zero-order valence-electron chi connectivity index (χ0n) is 36.0. The number of nitrogens with two attached hydrogens (primary N) is 2. The number of aromatic nitrogens is 1. The van der Waals surface area contributed by atoms with Crippen LogP contribution in [0, 0.1) is 5.92 Å². The van der Waals surface area contributed by atoms with E-state index in [0.717, 1.165) is 17.3 Å². The monoisotopic (exact) mass is 875 g/mol. The number of nitrogens with one attached hydrogen (secondary N) is 8. The molecule has 1 aliphatic rings. The van der Waals surface area contributed by atoms with Crippen LogP contribution in [0.1, 0.15) is 70.9 Å². The molecule has 0 radical (unpaired) electrons. The molecular weight excluding hydrogens is 815 g/mol. The van der Waals surface area contributed by atoms with E-state index in [2.05, 4.69) is 47.2 Å². The molecular formula is C43H61N11O9. The number of guanidine groups is 1. The fourth-order valence-electron chi connectivity index (χ4n) is 7.08. The Hall–Kier alpha value is -6.70. The molecule has 0 bridgehead atoms. The molecule has 3 aromatic rings. The molecule has 1 aliphatic heterocycles. The van der Waals surface area contributed by atoms with E-state index in [9.17, 15) is 43.8 Å². The summed E-state index contributed by atoms with van der Waals surface area (Å²) in [7, 11) is 0. The van der Waals surface area contributed by atoms with Crippen molar-refractivity contribution in [2.24, 2.45) is 22.4 Å². The highest BCUT2D eigenvalue weighted by Gasteiger charge is 2.33. The Kier molecular flexibility index (Phi) is 18.3. The van der Waals surface area contributed by atoms with Crippen LogP contribution in [0.25, 0.3) is 10.9 Å². The number of amides is 6. The molecule has 1 aromatic heterocycles. The largest absolute Gasteiger partial charge is 0.508 e. The predicted molar refractivity (Wildman–Crippen MR) is 235 cm³/mol. The van der Waals surface area contributed by atoms with Gasteiger partial charge in [0, 0.05) is 36.5 Å². The second-order valence-corrected chi connectivity index (χ2v) is 16.2. The summed E-state index contributed by atoms with van der Waals surface area (Å²) in [6.45, 7) is 7.44. The van der Waals surface area contributed by atoms with E-state index in [0.29, 0.717) is 30.5 Å². The summed E-state index contributed by atoms with van der Waals surface area (Å²) in [6, 6.07) is 5.54. The van der Waals surface area contributed by atoms with Crippen LogP contribution >= 0.6 is 0 Å². The zero-order chi connectivity index (χ0) is 46.2. The highest BCUT2D eigenvalue weighted by molar-refractivity contribution is 5.97. The lowest BCUT2D eigenvalue weighted by Crippen LogP contribution is -2.60. The smallest absolute Gasteiger partial charge is 0.326 e. The minimum absolute atomic E-state index is 0.00142. The van der Waals surface area contributed by atoms with E-state index in [-0.39, 0.29) is 55.8 Å². The highest BCUT2D eigenvalue weighted by Crippen LogP contribution is 2.20. The Bertz CT molecular complexity index is 2100. The molecule has 7 atom stereocenters. The minimum Gasteiger partial charge on any atom is -0.508 e. The quantitative estimate of drug-likeness (QED) is 0.0327. The van der Waals surface area contributed by atoms with Gasteiger partial charge < -0.3 is 63.9 Å². The third-order valence-electron chi connectivity index (χ3n) is 10.5. The Morgan fingerprint density at radius 1 is 0.746 bits per heavy atom. The number of nitrogens with zero attached hydrogens (tertiary/aromatic N) is 1. The lowest BCUT2D eigenvalue weighted by Gasteiger charge is -2.27. The second-order valence-electron chi connectivity index (χ2n) is 16.2. The first-order chi connectivity index (χ1) is 29.9. The van der Waals surface area contributed by atoms with Crippen molar-refractivity contribution >= 4 is 58.3 Å². The van der Waals surface area contributed by atoms with Gasteiger partial charge in [-0.25, -0.2) is 4.79 Å². The number of carbonyl (C=O) groups is 7. The predicted octanol–water partition coefficient (Wildman–Crippen LogP) is -0.456. The first kappa shape index (κ1) is 49.0. The Labute approximate surface area is 365 Å². The van der Waals surface area contributed by atoms with Gasteiger partial charge in [0.05, 0.1) is 6.04 Å². The fourth-order valence-corrected chi connectivity index (χ4v) is 7.08. The third-order valence-corrected chi connectivity index (χ3v) is 10.5. The zero-order valence-corrected chi connectivity index (χ0v) is 36.0. The van der Waals surface area contributed by atoms with Gasteiger partial charge in [0.25, 0.3) is 0 Å². The van der Waals surface area contributed by atoms with Crippen LogP contribution in [0.5, 0.6) is 5.75 Å². The van der Waals surface area contributed by atoms with Crippen LogP contribution in [-0.4, -0.2) is 118 Å². The van der Waals surface area contributed by atoms with Crippen molar-refractivity contribution in [1.82, 2.24) is 42.2 Å². The molecule has 0 unspecified atom stereocenters. The van der Waals surface area contributed by atoms with E-state index >= 15 is 0 Å². The van der Waals surface area contributed by atoms with Crippen LogP contribution < -0.4 is 48.7 Å². The summed E-state index contributed by atoms with van der Waals surface area (Å²) in [5, 5.41) is 39.4. The van der Waals surface area contributed by atoms with Crippen LogP contribution in [0.15, 0.2) is 59.7 Å². The first-order valence-electron chi connectivity index (χ1n) is 21.1. The number of aliphatic carboxylic acids is 1. The normalized spacial score (nSPS) is 16.4. The number of hydrogen-bond donors (Lipinski definition) is 12. The van der Waals surface area contributed by atoms with E-state index in [1.807, 2.05) is 38.1 Å². The van der Waals surface area contributed by atoms with Gasteiger partial charge in [-0.05, 0) is 87.7 Å². The number of phenolic OH excluding ortho intramolecular Hbond substituents is 1. The lowest BCUT2D eigenvalue weighted by atomic mass is 10.0. The van der Waals surface area contributed by atoms with Crippen molar-refractivity contribution in [1.29, 1.82) is 0 Å². The Morgan fingerprint density at radius 3 is 1.94 bits per heavy atom. The number of phenols is 1. The van der Waals surface area contributed by atoms with E-state index in [1.54, 1.807) is 18.3 Å². The number of aliphatic imine (C=N–C) groups is 1. The number of aromatic hydroxyl groups is 1. The topological polar surface area (TPSA) is 324 Å². The average Bonchev–Trinajstić information content (AvgIpc) is 3.92. The van der Waals surface area contributed by atoms with E-state index in [1.165, 1.54) is 26.0 Å². The van der Waals surface area contributed by atoms with Crippen molar-refractivity contribution in [2.45, 2.75) is 115 Å². The number of carboxylic acids is 1. The highest BCUT2D eigenvalue weighted by atomic mass is 16.4. The average molecular weight is 876 g/mol. The van der Waals surface area contributed by atoms with Gasteiger partial charge in [-0.3, -0.25) is 33.8 Å². The number of rotatable bonds is 23. The molecule has 1 fully saturated rings. The molecule has 2 heterocycles. The minimum atomic E-state index is -1.33. The number of fused-ring (bicyclic) bond motifs is 1. The summed E-state index contributed by atoms with van der Waals surface area (Å²) >= 11 is 0. The molecule has 342 valence electrons. The van der Waals surface area contributed by atoms with Gasteiger partial charge >= 0.3 is 5.97 Å². The van der Waals surface area contributed by atoms with Crippen molar-refractivity contribution in [3.8, 4) is 5.75 Å². The number of para-hydroxylation sites is 1. The third kappa shape index (κ3) is 15.3. The summed E-state index contributed by atoms with van der Waals surface area (Å²) in [5.41, 5.74) is 12.6. The standard InChI is InChI=1S/C43H61N11O9/c1-23(2)19-33(53-38(58)31-11-7-17-46-31)39(59)49-25(4)37(57)52-34(20-26-13-15-28(55)16-14-26)41(61)54-35(21-27-22-48-30-10-6-5-9-29(27)30)40(60)50-24(3)36(56)51-32(42(62)63)12-8-18-47-43(44)45/h5-6,9-10,13-16,22-25,31-35,46,48,55H,7-8,11-12,17-21H2,1-4H3,(H,49,59)(H,50,60)(H,51,56)(H,52,57)(H,53,58)(H,54,61)(H,62,63)(H4,44,45,47)/t24-,25-,31-,32-,33-,34-,35-/m0/s1. The van der Waals surface area contributed by atoms with Gasteiger partial charge in [0.1, 0.15) is 42.0 Å². The number of carboxylic acid groups (broad SMARTS) is 1. The molecule has 0 saturated carbocycles. The lowest BCUT2D eigenvalue weighted by molar-refractivity contribution is -0.142. The number of carbonyl (C=O) groups excluding carboxylic acids is 6. The number of benzene rings is 2. The Morgan fingerprint density at radius 2 is 1.33 bits per heavy atom. The van der Waals surface area contributed by atoms with Gasteiger partial charge in [-0.15, -0.1) is 0 Å². The molecule has 4 rings (SSSR count). The van der Waals surface area contributed by atoms with Crippen molar-refractivity contribution in [3.05, 3.63) is 65.9 Å². The van der Waals surface area contributed by atoms with Crippen LogP contribution in [0.2, 0.25) is 0 Å². The molecule has 0 spiro atoms. The molecule has 6 amide bonds. The van der Waals surface area contributed by atoms with Crippen LogP contribution in [0.3, 0.4) is 0 Å². The van der Waals surface area contributed by atoms with E-state index in [4.69, 9.17) is 11.5 Å². The molecule has 20 nitrogen and oxygen atoms in total. The van der Waals surface area contributed by atoms with Crippen LogP contribution in [-0.2, 0) is 46.4 Å². The summed E-state index contributed by atoms with van der Waals surface area (Å²) in [5.74, 6) is -5.44. The van der Waals surface area contributed by atoms with Gasteiger partial charge in [0.2, 0.25) is 35.4 Å². The number of aromatic amines is 1. The maximum atomic E-state index is 14.3. The van der Waals surface area contributed by atoms with Crippen molar-refractivity contribution in [3.63, 3.8) is 0 Å². The summed E-state index contributed by atoms with van der Waals surface area (Å²) in [6.07, 6.45) is 3.55. The molecule has 63 heavy (non-hydrogen) atoms. The van der Waals surface area contributed by atoms with Gasteiger partial charge in [-0.2, -0.15) is 0 Å². The fraction of sp³-hybridized carbons (Fsp3) is 0.488. The molecule has 0 aliphatic carbocycles. The van der Waals surface area contributed by atoms with Crippen molar-refractivity contribution < 1.29 is 43.8 Å². The second kappa shape index (κ2) is 23.5. The molecule has 2 aromatic carbocycles. The first-order valence-corrected chi connectivity index (χ1v) is 21.1. The molecule has 20 heteroatoms. The summed E-state index contributed by atoms with van der Waals surface area (Å²) < 4.78 is 0. The maximum absolute atomic E-state index is 14.3. The SMILES string of the molecule is CC(C)C[C@H](NC(=O)[C@@H]1CCCN1)C(=O)N[C@@H](C)C(=O)N[C@@H](Cc1ccc(O)cc1)C(=O)N[C@@H](Cc1c[nH]c2ccccc12)C(=O)N[C@@H](C)C(=O)N[C@@H](CCCN=C(N)N)C(=O)O. The van der Waals surface area contributed by atoms with Crippen molar-refractivity contribution in [2.75, 3.05) is 13.1 Å². The van der Waals surface area contributed by atoms with Gasteiger partial charge in [0.15, 0.2) is 5.96 Å². The molecule has 14 N–H and O–H groups in total. The van der Waals surface area contributed by atoms with Gasteiger partial charge in [-0.1, -0.05) is 44.2 Å². The van der Waals surface area contributed by atoms with E-state index < -0.39 is 77.8 Å². The maximum Gasteiger partial charge on any atom is 0.326 e. The number of hydrogen-bond acceptors (Lipinski definition) is 10.